The fraction of sp³-hybridized carbons (Fsp3) is 0.156. The molecule has 4 aromatic carbocycles. The third-order valence-electron chi connectivity index (χ3n) is 7.86. The number of aldehydes is 1. The van der Waals surface area contributed by atoms with Gasteiger partial charge in [0.2, 0.25) is 0 Å². The zero-order chi connectivity index (χ0) is 22.3. The van der Waals surface area contributed by atoms with Crippen LogP contribution in [-0.4, -0.2) is 6.29 Å². The summed E-state index contributed by atoms with van der Waals surface area (Å²) in [7, 11) is 0. The van der Waals surface area contributed by atoms with Crippen molar-refractivity contribution >= 4 is 17.4 Å². The number of hydrogen-bond donors (Lipinski definition) is 0. The van der Waals surface area contributed by atoms with Gasteiger partial charge in [0, 0.05) is 16.7 Å². The molecule has 3 unspecified atom stereocenters. The largest absolute Gasteiger partial charge is 0.303 e. The Hall–Kier alpha value is -3.71. The van der Waals surface area contributed by atoms with Crippen molar-refractivity contribution in [2.24, 2.45) is 5.92 Å². The van der Waals surface area contributed by atoms with Crippen LogP contribution in [0.2, 0.25) is 0 Å². The summed E-state index contributed by atoms with van der Waals surface area (Å²) < 4.78 is 0. The van der Waals surface area contributed by atoms with Gasteiger partial charge in [-0.2, -0.15) is 0 Å². The maximum Gasteiger partial charge on any atom is 0.124 e. The van der Waals surface area contributed by atoms with E-state index < -0.39 is 0 Å². The monoisotopic (exact) mass is 426 g/mol. The van der Waals surface area contributed by atoms with Gasteiger partial charge >= 0.3 is 0 Å². The van der Waals surface area contributed by atoms with Crippen LogP contribution in [-0.2, 0) is 15.6 Å². The van der Waals surface area contributed by atoms with E-state index in [1.165, 1.54) is 39.7 Å². The fourth-order valence-corrected chi connectivity index (χ4v) is 6.67. The first-order valence-electron chi connectivity index (χ1n) is 11.7. The minimum atomic E-state index is -0.356. The van der Waals surface area contributed by atoms with E-state index in [4.69, 9.17) is 0 Å². The number of allylic oxidation sites excluding steroid dienone is 2. The Balaban J connectivity index is 1.77. The summed E-state index contributed by atoms with van der Waals surface area (Å²) in [6.07, 6.45) is 2.96. The highest BCUT2D eigenvalue weighted by Crippen LogP contribution is 2.72. The first kappa shape index (κ1) is 19.9. The summed E-state index contributed by atoms with van der Waals surface area (Å²) in [5, 5.41) is 0. The van der Waals surface area contributed by atoms with Gasteiger partial charge in [0.25, 0.3) is 0 Å². The second-order valence-corrected chi connectivity index (χ2v) is 9.39. The van der Waals surface area contributed by atoms with Gasteiger partial charge < -0.3 is 4.79 Å². The molecule has 0 aromatic heterocycles. The molecule has 0 N–H and O–H groups in total. The molecule has 2 bridgehead atoms. The Kier molecular flexibility index (Phi) is 4.66. The predicted molar refractivity (Wildman–Crippen MR) is 135 cm³/mol. The van der Waals surface area contributed by atoms with Gasteiger partial charge in [-0.05, 0) is 46.2 Å². The molecule has 2 aliphatic carbocycles. The summed E-state index contributed by atoms with van der Waals surface area (Å²) in [6, 6.07) is 43.1. The third-order valence-corrected chi connectivity index (χ3v) is 7.86. The lowest BCUT2D eigenvalue weighted by atomic mass is 9.63. The van der Waals surface area contributed by atoms with Crippen LogP contribution in [0.4, 0.5) is 0 Å². The lowest BCUT2D eigenvalue weighted by Gasteiger charge is -2.39. The van der Waals surface area contributed by atoms with Crippen molar-refractivity contribution < 1.29 is 4.79 Å². The van der Waals surface area contributed by atoms with Crippen molar-refractivity contribution in [2.75, 3.05) is 0 Å². The number of hydrogen-bond acceptors (Lipinski definition) is 1. The molecule has 0 radical (unpaired) electrons. The normalized spacial score (nSPS) is 25.9. The van der Waals surface area contributed by atoms with E-state index >= 15 is 0 Å². The first-order valence-corrected chi connectivity index (χ1v) is 11.7. The van der Waals surface area contributed by atoms with Crippen molar-refractivity contribution in [2.45, 2.75) is 23.7 Å². The van der Waals surface area contributed by atoms with Crippen LogP contribution in [0.15, 0.2) is 121 Å². The van der Waals surface area contributed by atoms with Crippen molar-refractivity contribution in [1.82, 2.24) is 0 Å². The predicted octanol–water partition coefficient (Wildman–Crippen LogP) is 7.10. The molecule has 0 spiro atoms. The van der Waals surface area contributed by atoms with E-state index in [1.54, 1.807) is 0 Å². The molecule has 0 saturated heterocycles. The molecule has 1 saturated carbocycles. The SMILES string of the molecule is O=CC1CC2(c3ccccc3)CC1(c1ccccc1)C(c1ccccc1)=C2c1ccccc1. The van der Waals surface area contributed by atoms with Crippen LogP contribution in [0.3, 0.4) is 0 Å². The van der Waals surface area contributed by atoms with Gasteiger partial charge in [-0.25, -0.2) is 0 Å². The van der Waals surface area contributed by atoms with Crippen LogP contribution in [0.1, 0.15) is 35.1 Å². The van der Waals surface area contributed by atoms with E-state index in [9.17, 15) is 4.79 Å². The van der Waals surface area contributed by atoms with Gasteiger partial charge in [0.15, 0.2) is 0 Å². The molecular formula is C32H26O. The number of rotatable bonds is 5. The Morgan fingerprint density at radius 3 is 1.55 bits per heavy atom. The number of fused-ring (bicyclic) bond motifs is 2. The molecule has 6 rings (SSSR count). The highest BCUT2D eigenvalue weighted by Gasteiger charge is 2.65. The van der Waals surface area contributed by atoms with Crippen LogP contribution in [0, 0.1) is 5.92 Å². The van der Waals surface area contributed by atoms with Gasteiger partial charge in [-0.15, -0.1) is 0 Å². The molecule has 0 heterocycles. The molecular weight excluding hydrogens is 400 g/mol. The van der Waals surface area contributed by atoms with Crippen LogP contribution < -0.4 is 0 Å². The summed E-state index contributed by atoms with van der Waals surface area (Å²) in [5.41, 5.74) is 7.13. The van der Waals surface area contributed by atoms with E-state index in [1.807, 2.05) is 0 Å². The van der Waals surface area contributed by atoms with Gasteiger partial charge in [-0.3, -0.25) is 0 Å². The molecule has 2 aliphatic rings. The van der Waals surface area contributed by atoms with Crippen molar-refractivity contribution in [3.05, 3.63) is 144 Å². The van der Waals surface area contributed by atoms with E-state index in [-0.39, 0.29) is 16.7 Å². The van der Waals surface area contributed by atoms with Gasteiger partial charge in [0.1, 0.15) is 6.29 Å². The Morgan fingerprint density at radius 2 is 1.03 bits per heavy atom. The third kappa shape index (κ3) is 2.82. The minimum absolute atomic E-state index is 0.0808. The zero-order valence-corrected chi connectivity index (χ0v) is 18.5. The molecule has 1 heteroatoms. The van der Waals surface area contributed by atoms with Crippen molar-refractivity contribution in [3.8, 4) is 0 Å². The van der Waals surface area contributed by atoms with Gasteiger partial charge in [0.05, 0.1) is 0 Å². The lowest BCUT2D eigenvalue weighted by molar-refractivity contribution is -0.112. The standard InChI is InChI=1S/C32H26O/c33-22-28-21-31(26-17-9-3-10-18-26)23-32(28,27-19-11-4-12-20-27)30(25-15-7-2-8-16-25)29(31)24-13-5-1-6-14-24/h1-20,22,28H,21,23H2. The summed E-state index contributed by atoms with van der Waals surface area (Å²) in [6.45, 7) is 0. The molecule has 0 amide bonds. The molecule has 1 nitrogen and oxygen atoms in total. The van der Waals surface area contributed by atoms with E-state index in [2.05, 4.69) is 121 Å². The quantitative estimate of drug-likeness (QED) is 0.311. The maximum absolute atomic E-state index is 12.7. The Bertz CT molecular complexity index is 1310. The fourth-order valence-electron chi connectivity index (χ4n) is 6.67. The maximum atomic E-state index is 12.7. The molecule has 33 heavy (non-hydrogen) atoms. The van der Waals surface area contributed by atoms with Crippen LogP contribution >= 0.6 is 0 Å². The number of carbonyl (C=O) groups is 1. The summed E-state index contributed by atoms with van der Waals surface area (Å²) >= 11 is 0. The smallest absolute Gasteiger partial charge is 0.124 e. The Morgan fingerprint density at radius 1 is 0.576 bits per heavy atom. The highest BCUT2D eigenvalue weighted by atomic mass is 16.1. The molecule has 160 valence electrons. The highest BCUT2D eigenvalue weighted by molar-refractivity contribution is 6.06. The van der Waals surface area contributed by atoms with Gasteiger partial charge in [-0.1, -0.05) is 121 Å². The zero-order valence-electron chi connectivity index (χ0n) is 18.5. The van der Waals surface area contributed by atoms with Crippen LogP contribution in [0.5, 0.6) is 0 Å². The van der Waals surface area contributed by atoms with Crippen molar-refractivity contribution in [1.29, 1.82) is 0 Å². The molecule has 4 aromatic rings. The summed E-state index contributed by atoms with van der Waals surface area (Å²) in [4.78, 5) is 12.7. The topological polar surface area (TPSA) is 17.1 Å². The molecule has 3 atom stereocenters. The Labute approximate surface area is 195 Å². The molecule has 0 aliphatic heterocycles. The average Bonchev–Trinajstić information content (AvgIpc) is 3.42. The average molecular weight is 427 g/mol. The van der Waals surface area contributed by atoms with E-state index in [0.717, 1.165) is 12.8 Å². The van der Waals surface area contributed by atoms with Crippen LogP contribution in [0.25, 0.3) is 11.1 Å². The summed E-state index contributed by atoms with van der Waals surface area (Å²) in [5.74, 6) is -0.0808. The first-order chi connectivity index (χ1) is 16.3. The second kappa shape index (κ2) is 7.71. The minimum Gasteiger partial charge on any atom is -0.303 e. The van der Waals surface area contributed by atoms with E-state index in [0.29, 0.717) is 0 Å². The number of carbonyl (C=O) groups excluding carboxylic acids is 1. The second-order valence-electron chi connectivity index (χ2n) is 9.39. The lowest BCUT2D eigenvalue weighted by Crippen LogP contribution is -2.33. The molecule has 1 fully saturated rings. The van der Waals surface area contributed by atoms with Crippen molar-refractivity contribution in [3.63, 3.8) is 0 Å². The number of benzene rings is 4.